The molecule has 0 spiro atoms. The highest BCUT2D eigenvalue weighted by Gasteiger charge is 2.18. The van der Waals surface area contributed by atoms with Gasteiger partial charge in [0.15, 0.2) is 0 Å². The number of hydrogen-bond donors (Lipinski definition) is 1. The minimum Gasteiger partial charge on any atom is -0.468 e. The van der Waals surface area contributed by atoms with Crippen LogP contribution in [-0.4, -0.2) is 49.1 Å². The molecule has 2 rings (SSSR count). The van der Waals surface area contributed by atoms with Crippen molar-refractivity contribution in [3.63, 3.8) is 0 Å². The van der Waals surface area contributed by atoms with Crippen LogP contribution in [0.5, 0.6) is 0 Å². The van der Waals surface area contributed by atoms with E-state index in [1.807, 2.05) is 6.26 Å². The summed E-state index contributed by atoms with van der Waals surface area (Å²) in [5.41, 5.74) is 1.25. The Morgan fingerprint density at radius 1 is 1.20 bits per heavy atom. The van der Waals surface area contributed by atoms with Crippen molar-refractivity contribution >= 4 is 0 Å². The lowest BCUT2D eigenvalue weighted by molar-refractivity contribution is 0.112. The lowest BCUT2D eigenvalue weighted by Gasteiger charge is -2.35. The summed E-state index contributed by atoms with van der Waals surface area (Å²) < 4.78 is 5.66. The van der Waals surface area contributed by atoms with Crippen molar-refractivity contribution in [3.05, 3.63) is 23.7 Å². The molecule has 4 nitrogen and oxygen atoms in total. The highest BCUT2D eigenvalue weighted by molar-refractivity contribution is 5.12. The second kappa shape index (κ2) is 7.81. The first-order valence-electron chi connectivity index (χ1n) is 7.89. The third kappa shape index (κ3) is 4.93. The van der Waals surface area contributed by atoms with Gasteiger partial charge in [-0.15, -0.1) is 0 Å². The van der Waals surface area contributed by atoms with E-state index < -0.39 is 0 Å². The van der Waals surface area contributed by atoms with Crippen molar-refractivity contribution in [2.45, 2.75) is 33.9 Å². The number of furan rings is 1. The van der Waals surface area contributed by atoms with Gasteiger partial charge in [-0.05, 0) is 18.5 Å². The van der Waals surface area contributed by atoms with E-state index >= 15 is 0 Å². The van der Waals surface area contributed by atoms with Crippen molar-refractivity contribution < 1.29 is 4.42 Å². The fraction of sp³-hybridized carbons (Fsp3) is 0.750. The van der Waals surface area contributed by atoms with Crippen molar-refractivity contribution in [2.75, 3.05) is 39.3 Å². The van der Waals surface area contributed by atoms with E-state index in [9.17, 15) is 0 Å². The molecule has 1 aromatic rings. The maximum atomic E-state index is 5.66. The van der Waals surface area contributed by atoms with E-state index in [0.29, 0.717) is 0 Å². The zero-order valence-electron chi connectivity index (χ0n) is 13.2. The molecular weight excluding hydrogens is 250 g/mol. The molecule has 4 heteroatoms. The smallest absolute Gasteiger partial charge is 0.118 e. The second-order valence-corrected chi connectivity index (χ2v) is 6.17. The van der Waals surface area contributed by atoms with E-state index in [-0.39, 0.29) is 0 Å². The Bertz CT molecular complexity index is 381. The summed E-state index contributed by atoms with van der Waals surface area (Å²) >= 11 is 0. The fourth-order valence-corrected chi connectivity index (χ4v) is 2.74. The lowest BCUT2D eigenvalue weighted by Crippen LogP contribution is -2.46. The summed E-state index contributed by atoms with van der Waals surface area (Å²) in [7, 11) is 0. The molecule has 1 saturated heterocycles. The molecule has 0 radical (unpaired) electrons. The highest BCUT2D eigenvalue weighted by Crippen LogP contribution is 2.13. The Hall–Kier alpha value is -0.840. The van der Waals surface area contributed by atoms with Crippen molar-refractivity contribution in [1.29, 1.82) is 0 Å². The van der Waals surface area contributed by atoms with Crippen molar-refractivity contribution in [1.82, 2.24) is 15.1 Å². The molecule has 1 fully saturated rings. The van der Waals surface area contributed by atoms with E-state index in [0.717, 1.165) is 44.4 Å². The SMILES string of the molecule is CCNCc1coc(CN2CCN(CC(C)C)CC2)c1. The van der Waals surface area contributed by atoms with Crippen LogP contribution < -0.4 is 5.32 Å². The molecule has 1 N–H and O–H groups in total. The summed E-state index contributed by atoms with van der Waals surface area (Å²) in [6.07, 6.45) is 1.88. The zero-order valence-corrected chi connectivity index (χ0v) is 13.2. The number of piperazine rings is 1. The Balaban J connectivity index is 1.73. The van der Waals surface area contributed by atoms with E-state index in [1.165, 1.54) is 25.2 Å². The normalized spacial score (nSPS) is 18.0. The van der Waals surface area contributed by atoms with Gasteiger partial charge in [-0.25, -0.2) is 0 Å². The lowest BCUT2D eigenvalue weighted by atomic mass is 10.2. The van der Waals surface area contributed by atoms with Crippen molar-refractivity contribution in [2.24, 2.45) is 5.92 Å². The summed E-state index contributed by atoms with van der Waals surface area (Å²) in [5, 5.41) is 3.33. The molecule has 114 valence electrons. The standard InChI is InChI=1S/C16H29N3O/c1-4-17-10-15-9-16(20-13-15)12-19-7-5-18(6-8-19)11-14(2)3/h9,13-14,17H,4-8,10-12H2,1-3H3. The van der Waals surface area contributed by atoms with Crippen LogP contribution in [0, 0.1) is 5.92 Å². The minimum atomic E-state index is 0.764. The highest BCUT2D eigenvalue weighted by atomic mass is 16.3. The molecular formula is C16H29N3O. The van der Waals surface area contributed by atoms with Gasteiger partial charge in [0.25, 0.3) is 0 Å². The van der Waals surface area contributed by atoms with Crippen LogP contribution in [-0.2, 0) is 13.1 Å². The van der Waals surface area contributed by atoms with Crippen LogP contribution in [0.15, 0.2) is 16.7 Å². The zero-order chi connectivity index (χ0) is 14.4. The fourth-order valence-electron chi connectivity index (χ4n) is 2.74. The average Bonchev–Trinajstić information content (AvgIpc) is 2.86. The van der Waals surface area contributed by atoms with Gasteiger partial charge < -0.3 is 14.6 Å². The third-order valence-electron chi connectivity index (χ3n) is 3.75. The summed E-state index contributed by atoms with van der Waals surface area (Å²) in [5.74, 6) is 1.86. The number of hydrogen-bond acceptors (Lipinski definition) is 4. The quantitative estimate of drug-likeness (QED) is 0.829. The van der Waals surface area contributed by atoms with Crippen LogP contribution in [0.3, 0.4) is 0 Å². The van der Waals surface area contributed by atoms with Crippen LogP contribution in [0.25, 0.3) is 0 Å². The first-order chi connectivity index (χ1) is 9.67. The van der Waals surface area contributed by atoms with Gasteiger partial charge in [-0.2, -0.15) is 0 Å². The van der Waals surface area contributed by atoms with Gasteiger partial charge >= 0.3 is 0 Å². The molecule has 1 aliphatic heterocycles. The summed E-state index contributed by atoms with van der Waals surface area (Å²) in [6, 6.07) is 2.18. The first kappa shape index (κ1) is 15.5. The van der Waals surface area contributed by atoms with E-state index in [2.05, 4.69) is 42.0 Å². The Morgan fingerprint density at radius 2 is 1.90 bits per heavy atom. The summed E-state index contributed by atoms with van der Waals surface area (Å²) in [6.45, 7) is 15.4. The van der Waals surface area contributed by atoms with Gasteiger partial charge in [0, 0.05) is 44.8 Å². The van der Waals surface area contributed by atoms with Gasteiger partial charge in [-0.1, -0.05) is 20.8 Å². The minimum absolute atomic E-state index is 0.764. The molecule has 1 aliphatic rings. The molecule has 0 amide bonds. The maximum Gasteiger partial charge on any atom is 0.118 e. The molecule has 0 aliphatic carbocycles. The first-order valence-corrected chi connectivity index (χ1v) is 7.89. The molecule has 0 unspecified atom stereocenters. The predicted molar refractivity (Wildman–Crippen MR) is 82.6 cm³/mol. The molecule has 0 atom stereocenters. The van der Waals surface area contributed by atoms with Crippen LogP contribution in [0.2, 0.25) is 0 Å². The topological polar surface area (TPSA) is 31.7 Å². The second-order valence-electron chi connectivity index (χ2n) is 6.17. The third-order valence-corrected chi connectivity index (χ3v) is 3.75. The van der Waals surface area contributed by atoms with Crippen LogP contribution in [0.4, 0.5) is 0 Å². The van der Waals surface area contributed by atoms with E-state index in [4.69, 9.17) is 4.42 Å². The average molecular weight is 279 g/mol. The molecule has 0 saturated carbocycles. The number of nitrogens with zero attached hydrogens (tertiary/aromatic N) is 2. The van der Waals surface area contributed by atoms with Crippen LogP contribution >= 0.6 is 0 Å². The predicted octanol–water partition coefficient (Wildman–Crippen LogP) is 2.16. The Morgan fingerprint density at radius 3 is 2.55 bits per heavy atom. The van der Waals surface area contributed by atoms with Gasteiger partial charge in [0.2, 0.25) is 0 Å². The van der Waals surface area contributed by atoms with Gasteiger partial charge in [-0.3, -0.25) is 4.90 Å². The molecule has 20 heavy (non-hydrogen) atoms. The maximum absolute atomic E-state index is 5.66. The number of rotatable bonds is 7. The number of nitrogens with one attached hydrogen (secondary N) is 1. The van der Waals surface area contributed by atoms with E-state index in [1.54, 1.807) is 0 Å². The molecule has 0 aromatic carbocycles. The van der Waals surface area contributed by atoms with Crippen molar-refractivity contribution in [3.8, 4) is 0 Å². The monoisotopic (exact) mass is 279 g/mol. The summed E-state index contributed by atoms with van der Waals surface area (Å²) in [4.78, 5) is 5.06. The van der Waals surface area contributed by atoms with Gasteiger partial charge in [0.05, 0.1) is 12.8 Å². The van der Waals surface area contributed by atoms with Crippen LogP contribution in [0.1, 0.15) is 32.1 Å². The largest absolute Gasteiger partial charge is 0.468 e. The van der Waals surface area contributed by atoms with Gasteiger partial charge in [0.1, 0.15) is 5.76 Å². The Kier molecular flexibility index (Phi) is 6.07. The molecule has 2 heterocycles. The Labute approximate surface area is 123 Å². The molecule has 0 bridgehead atoms. The molecule has 1 aromatic heterocycles.